The number of para-hydroxylation sites is 2. The maximum Gasteiger partial charge on any atom is 0.159 e. The van der Waals surface area contributed by atoms with Gasteiger partial charge in [-0.2, -0.15) is 0 Å². The maximum atomic E-state index is 6.69. The lowest BCUT2D eigenvalue weighted by atomic mass is 9.99. The molecule has 0 N–H and O–H groups in total. The Bertz CT molecular complexity index is 3130. The summed E-state index contributed by atoms with van der Waals surface area (Å²) in [6.45, 7) is 0. The molecule has 0 atom stereocenters. The van der Waals surface area contributed by atoms with Gasteiger partial charge in [-0.3, -0.25) is 0 Å². The van der Waals surface area contributed by atoms with Gasteiger partial charge in [0.15, 0.2) is 5.58 Å². The summed E-state index contributed by atoms with van der Waals surface area (Å²) >= 11 is 3.73. The van der Waals surface area contributed by atoms with Crippen LogP contribution in [0.1, 0.15) is 0 Å². The molecule has 0 saturated heterocycles. The summed E-state index contributed by atoms with van der Waals surface area (Å²) in [5.74, 6) is 0. The van der Waals surface area contributed by atoms with E-state index in [1.807, 2.05) is 28.7 Å². The van der Waals surface area contributed by atoms with Crippen molar-refractivity contribution in [1.82, 2.24) is 0 Å². The quantitative estimate of drug-likeness (QED) is 0.178. The molecule has 11 rings (SSSR count). The van der Waals surface area contributed by atoms with Crippen molar-refractivity contribution in [2.75, 3.05) is 4.90 Å². The molecule has 0 bridgehead atoms. The molecule has 0 unspecified atom stereocenters. The minimum absolute atomic E-state index is 0.880. The lowest BCUT2D eigenvalue weighted by Gasteiger charge is -2.26. The van der Waals surface area contributed by atoms with E-state index in [9.17, 15) is 0 Å². The van der Waals surface area contributed by atoms with Gasteiger partial charge in [0.25, 0.3) is 0 Å². The number of fused-ring (bicyclic) bond motifs is 9. The number of anilines is 3. The molecule has 11 aromatic rings. The fraction of sp³-hybridized carbons (Fsp3) is 0. The van der Waals surface area contributed by atoms with Crippen LogP contribution in [0.15, 0.2) is 180 Å². The average molecular weight is 700 g/mol. The minimum atomic E-state index is 0.880. The third-order valence-corrected chi connectivity index (χ3v) is 12.7. The van der Waals surface area contributed by atoms with E-state index in [4.69, 9.17) is 4.42 Å². The van der Waals surface area contributed by atoms with Crippen molar-refractivity contribution in [2.45, 2.75) is 0 Å². The topological polar surface area (TPSA) is 16.4 Å². The molecule has 52 heavy (non-hydrogen) atoms. The molecule has 3 aromatic heterocycles. The first-order valence-corrected chi connectivity index (χ1v) is 19.1. The van der Waals surface area contributed by atoms with Crippen LogP contribution in [0.5, 0.6) is 0 Å². The largest absolute Gasteiger partial charge is 0.454 e. The van der Waals surface area contributed by atoms with Crippen LogP contribution in [0.2, 0.25) is 0 Å². The van der Waals surface area contributed by atoms with Gasteiger partial charge >= 0.3 is 0 Å². The zero-order chi connectivity index (χ0) is 34.2. The predicted octanol–water partition coefficient (Wildman–Crippen LogP) is 15.1. The Labute approximate surface area is 308 Å². The molecule has 0 aliphatic heterocycles. The first-order valence-electron chi connectivity index (χ1n) is 17.5. The highest BCUT2D eigenvalue weighted by molar-refractivity contribution is 7.27. The Hall–Kier alpha value is -6.20. The summed E-state index contributed by atoms with van der Waals surface area (Å²) in [4.78, 5) is 2.40. The van der Waals surface area contributed by atoms with E-state index >= 15 is 0 Å². The first-order chi connectivity index (χ1) is 25.8. The fourth-order valence-corrected chi connectivity index (χ4v) is 10.4. The summed E-state index contributed by atoms with van der Waals surface area (Å²) < 4.78 is 11.9. The number of hydrogen-bond acceptors (Lipinski definition) is 4. The number of hydrogen-bond donors (Lipinski definition) is 0. The molecule has 4 heteroatoms. The van der Waals surface area contributed by atoms with Gasteiger partial charge < -0.3 is 9.32 Å². The van der Waals surface area contributed by atoms with Crippen LogP contribution in [-0.4, -0.2) is 0 Å². The molecule has 8 aromatic carbocycles. The Balaban J connectivity index is 1.15. The SMILES string of the molecule is c1ccc(-c2cccc3c2sc2c(N(c4ccc(-c5cccc6sc7ccccc7c56)cc4)c4cccc5c4oc4ccccc45)cccc23)cc1. The third-order valence-electron chi connectivity index (χ3n) is 10.3. The number of nitrogens with zero attached hydrogens (tertiary/aromatic N) is 1. The molecule has 0 aliphatic carbocycles. The molecule has 244 valence electrons. The van der Waals surface area contributed by atoms with Crippen LogP contribution in [0.4, 0.5) is 17.1 Å². The Morgan fingerprint density at radius 1 is 0.385 bits per heavy atom. The van der Waals surface area contributed by atoms with Crippen molar-refractivity contribution in [3.8, 4) is 22.3 Å². The highest BCUT2D eigenvalue weighted by Crippen LogP contribution is 2.49. The first kappa shape index (κ1) is 29.5. The molecular weight excluding hydrogens is 671 g/mol. The highest BCUT2D eigenvalue weighted by Gasteiger charge is 2.23. The van der Waals surface area contributed by atoms with Gasteiger partial charge in [0.1, 0.15) is 5.58 Å². The van der Waals surface area contributed by atoms with Gasteiger partial charge in [0, 0.05) is 52.1 Å². The van der Waals surface area contributed by atoms with E-state index in [0.29, 0.717) is 0 Å². The fourth-order valence-electron chi connectivity index (χ4n) is 7.95. The molecule has 0 fully saturated rings. The highest BCUT2D eigenvalue weighted by atomic mass is 32.1. The normalized spacial score (nSPS) is 11.8. The zero-order valence-electron chi connectivity index (χ0n) is 27.9. The number of thiophene rings is 2. The summed E-state index contributed by atoms with van der Waals surface area (Å²) in [5.41, 5.74) is 9.94. The number of benzene rings is 8. The summed E-state index contributed by atoms with van der Waals surface area (Å²) in [5, 5.41) is 7.40. The maximum absolute atomic E-state index is 6.69. The van der Waals surface area contributed by atoms with Crippen molar-refractivity contribution in [1.29, 1.82) is 0 Å². The van der Waals surface area contributed by atoms with Gasteiger partial charge in [0.2, 0.25) is 0 Å². The molecule has 0 amide bonds. The van der Waals surface area contributed by atoms with Crippen LogP contribution in [0.3, 0.4) is 0 Å². The van der Waals surface area contributed by atoms with Crippen LogP contribution in [0, 0.1) is 0 Å². The van der Waals surface area contributed by atoms with E-state index < -0.39 is 0 Å². The Morgan fingerprint density at radius 2 is 1.00 bits per heavy atom. The third kappa shape index (κ3) is 4.48. The van der Waals surface area contributed by atoms with Gasteiger partial charge in [-0.25, -0.2) is 0 Å². The van der Waals surface area contributed by atoms with Crippen LogP contribution in [0.25, 0.3) is 84.5 Å². The van der Waals surface area contributed by atoms with E-state index in [2.05, 4.69) is 175 Å². The zero-order valence-corrected chi connectivity index (χ0v) is 29.5. The van der Waals surface area contributed by atoms with Gasteiger partial charge in [-0.1, -0.05) is 133 Å². The van der Waals surface area contributed by atoms with Crippen molar-refractivity contribution >= 4 is 102 Å². The van der Waals surface area contributed by atoms with E-state index in [-0.39, 0.29) is 0 Å². The van der Waals surface area contributed by atoms with Gasteiger partial charge in [-0.15, -0.1) is 22.7 Å². The van der Waals surface area contributed by atoms with E-state index in [1.165, 1.54) is 62.6 Å². The smallest absolute Gasteiger partial charge is 0.159 e. The van der Waals surface area contributed by atoms with Crippen molar-refractivity contribution in [3.63, 3.8) is 0 Å². The second kappa shape index (κ2) is 11.7. The lowest BCUT2D eigenvalue weighted by Crippen LogP contribution is -2.10. The van der Waals surface area contributed by atoms with Crippen molar-refractivity contribution < 1.29 is 4.42 Å². The van der Waals surface area contributed by atoms with Crippen LogP contribution in [-0.2, 0) is 0 Å². The Kier molecular flexibility index (Phi) is 6.63. The minimum Gasteiger partial charge on any atom is -0.454 e. The van der Waals surface area contributed by atoms with Crippen molar-refractivity contribution in [2.24, 2.45) is 0 Å². The number of rotatable bonds is 5. The molecule has 0 saturated carbocycles. The van der Waals surface area contributed by atoms with Crippen molar-refractivity contribution in [3.05, 3.63) is 176 Å². The average Bonchev–Trinajstić information content (AvgIpc) is 3.91. The molecule has 3 heterocycles. The molecule has 0 spiro atoms. The molecule has 2 nitrogen and oxygen atoms in total. The molecular formula is C48H29NOS2. The standard InChI is InChI=1S/C48H29NOS2/c1-2-12-30(13-3-1)34-17-8-19-37-38-20-10-22-41(48(38)52-47(34)37)49(40-21-9-18-36-35-14-4-6-23-42(35)50-46(36)40)32-28-26-31(27-29-32)33-16-11-25-44-45(33)39-15-5-7-24-43(39)51-44/h1-29H. The van der Waals surface area contributed by atoms with Gasteiger partial charge in [0.05, 0.1) is 16.1 Å². The van der Waals surface area contributed by atoms with E-state index in [1.54, 1.807) is 0 Å². The van der Waals surface area contributed by atoms with Crippen LogP contribution >= 0.6 is 22.7 Å². The summed E-state index contributed by atoms with van der Waals surface area (Å²) in [6, 6.07) is 63.5. The summed E-state index contributed by atoms with van der Waals surface area (Å²) in [7, 11) is 0. The molecule has 0 aliphatic rings. The van der Waals surface area contributed by atoms with Gasteiger partial charge in [-0.05, 0) is 64.7 Å². The molecule has 0 radical (unpaired) electrons. The Morgan fingerprint density at radius 3 is 1.87 bits per heavy atom. The second-order valence-corrected chi connectivity index (χ2v) is 15.3. The second-order valence-electron chi connectivity index (χ2n) is 13.2. The lowest BCUT2D eigenvalue weighted by molar-refractivity contribution is 0.669. The monoisotopic (exact) mass is 699 g/mol. The predicted molar refractivity (Wildman–Crippen MR) is 225 cm³/mol. The van der Waals surface area contributed by atoms with E-state index in [0.717, 1.165) is 39.0 Å². The van der Waals surface area contributed by atoms with Crippen LogP contribution < -0.4 is 4.90 Å². The number of furan rings is 1. The summed E-state index contributed by atoms with van der Waals surface area (Å²) in [6.07, 6.45) is 0.